The van der Waals surface area contributed by atoms with Crippen molar-refractivity contribution in [2.24, 2.45) is 5.92 Å². The molecular weight excluding hydrogens is 332 g/mol. The van der Waals surface area contributed by atoms with Crippen molar-refractivity contribution >= 4 is 5.91 Å². The molecule has 1 aliphatic rings. The number of rotatable bonds is 8. The molecule has 1 saturated heterocycles. The van der Waals surface area contributed by atoms with Gasteiger partial charge in [0, 0.05) is 31.1 Å². The normalized spacial score (nSPS) is 13.6. The van der Waals surface area contributed by atoms with Gasteiger partial charge in [0.1, 0.15) is 6.61 Å². The molecule has 0 spiro atoms. The molecule has 3 rings (SSSR count). The molecule has 0 saturated carbocycles. The van der Waals surface area contributed by atoms with Crippen LogP contribution in [0, 0.1) is 5.92 Å². The van der Waals surface area contributed by atoms with Gasteiger partial charge in [0.2, 0.25) is 5.75 Å². The summed E-state index contributed by atoms with van der Waals surface area (Å²) in [4.78, 5) is 12.4. The summed E-state index contributed by atoms with van der Waals surface area (Å²) in [5.74, 6) is 1.77. The molecule has 1 aliphatic heterocycles. The SMILES string of the molecule is COc1cc(C(=O)NCC2CNC2)cc(OC)c1OCc1ccccc1. The Labute approximate surface area is 153 Å². The summed E-state index contributed by atoms with van der Waals surface area (Å²) in [6, 6.07) is 13.2. The first-order valence-corrected chi connectivity index (χ1v) is 8.63. The fourth-order valence-corrected chi connectivity index (χ4v) is 2.71. The largest absolute Gasteiger partial charge is 0.493 e. The molecule has 2 aromatic rings. The molecule has 1 amide bonds. The van der Waals surface area contributed by atoms with E-state index in [0.717, 1.165) is 18.7 Å². The molecule has 0 aliphatic carbocycles. The Hall–Kier alpha value is -2.73. The number of methoxy groups -OCH3 is 2. The Kier molecular flexibility index (Phi) is 5.96. The molecule has 138 valence electrons. The Morgan fingerprint density at radius 2 is 1.77 bits per heavy atom. The van der Waals surface area contributed by atoms with Crippen LogP contribution < -0.4 is 24.8 Å². The van der Waals surface area contributed by atoms with Gasteiger partial charge in [-0.05, 0) is 17.7 Å². The van der Waals surface area contributed by atoms with Crippen LogP contribution in [0.25, 0.3) is 0 Å². The third-order valence-corrected chi connectivity index (χ3v) is 4.37. The monoisotopic (exact) mass is 356 g/mol. The minimum Gasteiger partial charge on any atom is -0.493 e. The van der Waals surface area contributed by atoms with E-state index >= 15 is 0 Å². The average molecular weight is 356 g/mol. The Bertz CT molecular complexity index is 720. The summed E-state index contributed by atoms with van der Waals surface area (Å²) in [6.07, 6.45) is 0. The molecule has 0 bridgehead atoms. The zero-order valence-corrected chi connectivity index (χ0v) is 15.1. The van der Waals surface area contributed by atoms with Crippen LogP contribution in [0.5, 0.6) is 17.2 Å². The first-order chi connectivity index (χ1) is 12.7. The minimum absolute atomic E-state index is 0.150. The van der Waals surface area contributed by atoms with Crippen LogP contribution in [-0.4, -0.2) is 39.8 Å². The lowest BCUT2D eigenvalue weighted by Crippen LogP contribution is -2.48. The second kappa shape index (κ2) is 8.58. The third-order valence-electron chi connectivity index (χ3n) is 4.37. The molecule has 6 heteroatoms. The van der Waals surface area contributed by atoms with E-state index in [1.807, 2.05) is 30.3 Å². The molecule has 2 aromatic carbocycles. The summed E-state index contributed by atoms with van der Waals surface area (Å²) in [5.41, 5.74) is 1.52. The molecule has 0 unspecified atom stereocenters. The van der Waals surface area contributed by atoms with E-state index in [1.165, 1.54) is 0 Å². The van der Waals surface area contributed by atoms with Gasteiger partial charge in [-0.3, -0.25) is 4.79 Å². The molecule has 1 fully saturated rings. The fourth-order valence-electron chi connectivity index (χ4n) is 2.71. The summed E-state index contributed by atoms with van der Waals surface area (Å²) < 4.78 is 16.8. The van der Waals surface area contributed by atoms with Gasteiger partial charge < -0.3 is 24.8 Å². The maximum atomic E-state index is 12.4. The van der Waals surface area contributed by atoms with E-state index in [9.17, 15) is 4.79 Å². The molecule has 6 nitrogen and oxygen atoms in total. The van der Waals surface area contributed by atoms with Gasteiger partial charge >= 0.3 is 0 Å². The lowest BCUT2D eigenvalue weighted by atomic mass is 10.0. The molecule has 1 heterocycles. The number of ether oxygens (including phenoxy) is 3. The minimum atomic E-state index is -0.150. The second-order valence-electron chi connectivity index (χ2n) is 6.22. The molecule has 2 N–H and O–H groups in total. The van der Waals surface area contributed by atoms with Gasteiger partial charge in [0.15, 0.2) is 11.5 Å². The van der Waals surface area contributed by atoms with E-state index in [2.05, 4.69) is 10.6 Å². The molecular formula is C20H24N2O4. The summed E-state index contributed by atoms with van der Waals surface area (Å²) in [7, 11) is 3.09. The predicted molar refractivity (Wildman–Crippen MR) is 99.0 cm³/mol. The topological polar surface area (TPSA) is 68.8 Å². The quantitative estimate of drug-likeness (QED) is 0.759. The van der Waals surface area contributed by atoms with Crippen molar-refractivity contribution in [3.63, 3.8) is 0 Å². The Morgan fingerprint density at radius 3 is 2.31 bits per heavy atom. The van der Waals surface area contributed by atoms with E-state index in [4.69, 9.17) is 14.2 Å². The third kappa shape index (κ3) is 4.26. The first-order valence-electron chi connectivity index (χ1n) is 8.63. The highest BCUT2D eigenvalue weighted by Crippen LogP contribution is 2.39. The van der Waals surface area contributed by atoms with Crippen molar-refractivity contribution in [1.29, 1.82) is 0 Å². The zero-order chi connectivity index (χ0) is 18.4. The van der Waals surface area contributed by atoms with Crippen LogP contribution in [-0.2, 0) is 6.61 Å². The van der Waals surface area contributed by atoms with Gasteiger partial charge in [-0.2, -0.15) is 0 Å². The van der Waals surface area contributed by atoms with Crippen LogP contribution in [0.15, 0.2) is 42.5 Å². The number of hydrogen-bond donors (Lipinski definition) is 2. The number of amides is 1. The maximum absolute atomic E-state index is 12.4. The van der Waals surface area contributed by atoms with Gasteiger partial charge in [0.05, 0.1) is 14.2 Å². The van der Waals surface area contributed by atoms with Crippen LogP contribution in [0.3, 0.4) is 0 Å². The predicted octanol–water partition coefficient (Wildman–Crippen LogP) is 2.23. The Morgan fingerprint density at radius 1 is 1.12 bits per heavy atom. The highest BCUT2D eigenvalue weighted by molar-refractivity contribution is 5.95. The van der Waals surface area contributed by atoms with E-state index in [1.54, 1.807) is 26.4 Å². The molecule has 26 heavy (non-hydrogen) atoms. The van der Waals surface area contributed by atoms with Crippen LogP contribution in [0.1, 0.15) is 15.9 Å². The van der Waals surface area contributed by atoms with Crippen molar-refractivity contribution in [2.45, 2.75) is 6.61 Å². The van der Waals surface area contributed by atoms with Crippen LogP contribution in [0.4, 0.5) is 0 Å². The summed E-state index contributed by atoms with van der Waals surface area (Å²) >= 11 is 0. The lowest BCUT2D eigenvalue weighted by Gasteiger charge is -2.27. The number of hydrogen-bond acceptors (Lipinski definition) is 5. The van der Waals surface area contributed by atoms with Crippen molar-refractivity contribution in [1.82, 2.24) is 10.6 Å². The smallest absolute Gasteiger partial charge is 0.251 e. The van der Waals surface area contributed by atoms with Gasteiger partial charge in [-0.1, -0.05) is 30.3 Å². The van der Waals surface area contributed by atoms with Crippen molar-refractivity contribution < 1.29 is 19.0 Å². The van der Waals surface area contributed by atoms with Crippen molar-refractivity contribution in [3.05, 3.63) is 53.6 Å². The standard InChI is InChI=1S/C20H24N2O4/c1-24-17-8-16(20(23)22-12-15-10-21-11-15)9-18(25-2)19(17)26-13-14-6-4-3-5-7-14/h3-9,15,21H,10-13H2,1-2H3,(H,22,23). The van der Waals surface area contributed by atoms with E-state index < -0.39 is 0 Å². The lowest BCUT2D eigenvalue weighted by molar-refractivity contribution is 0.0941. The fraction of sp³-hybridized carbons (Fsp3) is 0.350. The van der Waals surface area contributed by atoms with E-state index in [0.29, 0.717) is 41.9 Å². The number of carbonyl (C=O) groups excluding carboxylic acids is 1. The number of nitrogens with one attached hydrogen (secondary N) is 2. The summed E-state index contributed by atoms with van der Waals surface area (Å²) in [6.45, 7) is 2.93. The van der Waals surface area contributed by atoms with E-state index in [-0.39, 0.29) is 5.91 Å². The summed E-state index contributed by atoms with van der Waals surface area (Å²) in [5, 5.41) is 6.14. The van der Waals surface area contributed by atoms with Gasteiger partial charge in [0.25, 0.3) is 5.91 Å². The van der Waals surface area contributed by atoms with Gasteiger partial charge in [-0.15, -0.1) is 0 Å². The van der Waals surface area contributed by atoms with Gasteiger partial charge in [-0.25, -0.2) is 0 Å². The number of benzene rings is 2. The zero-order valence-electron chi connectivity index (χ0n) is 15.1. The van der Waals surface area contributed by atoms with Crippen LogP contribution in [0.2, 0.25) is 0 Å². The number of carbonyl (C=O) groups is 1. The second-order valence-corrected chi connectivity index (χ2v) is 6.22. The van der Waals surface area contributed by atoms with Crippen LogP contribution >= 0.6 is 0 Å². The first kappa shape index (κ1) is 18.1. The molecule has 0 radical (unpaired) electrons. The highest BCUT2D eigenvalue weighted by Gasteiger charge is 2.20. The molecule has 0 aromatic heterocycles. The van der Waals surface area contributed by atoms with Crippen molar-refractivity contribution in [3.8, 4) is 17.2 Å². The average Bonchev–Trinajstić information content (AvgIpc) is 2.65. The Balaban J connectivity index is 1.75. The van der Waals surface area contributed by atoms with Crippen molar-refractivity contribution in [2.75, 3.05) is 33.9 Å². The molecule has 0 atom stereocenters. The maximum Gasteiger partial charge on any atom is 0.251 e. The highest BCUT2D eigenvalue weighted by atomic mass is 16.5.